The van der Waals surface area contributed by atoms with E-state index in [1.807, 2.05) is 11.8 Å². The predicted octanol–water partition coefficient (Wildman–Crippen LogP) is 1.96. The second-order valence-corrected chi connectivity index (χ2v) is 6.00. The Morgan fingerprint density at radius 1 is 1.29 bits per heavy atom. The van der Waals surface area contributed by atoms with Gasteiger partial charge in [-0.15, -0.1) is 0 Å². The maximum Gasteiger partial charge on any atom is 0.0599 e. The van der Waals surface area contributed by atoms with Crippen LogP contribution in [0.25, 0.3) is 0 Å². The molecule has 0 saturated carbocycles. The maximum atomic E-state index is 5.80. The SMILES string of the molecule is CCSCCCN1CCC(OCCCN)CC1. The average molecular weight is 260 g/mol. The molecular weight excluding hydrogens is 232 g/mol. The fraction of sp³-hybridized carbons (Fsp3) is 1.00. The molecule has 4 heteroatoms. The van der Waals surface area contributed by atoms with Crippen LogP contribution in [-0.4, -0.2) is 55.3 Å². The second-order valence-electron chi connectivity index (χ2n) is 4.60. The number of likely N-dealkylation sites (tertiary alicyclic amines) is 1. The summed E-state index contributed by atoms with van der Waals surface area (Å²) in [5.74, 6) is 2.56. The number of thioether (sulfide) groups is 1. The van der Waals surface area contributed by atoms with Gasteiger partial charge in [0.05, 0.1) is 6.10 Å². The Hall–Kier alpha value is 0.230. The van der Waals surface area contributed by atoms with Crippen LogP contribution in [0, 0.1) is 0 Å². The van der Waals surface area contributed by atoms with Crippen molar-refractivity contribution in [3.8, 4) is 0 Å². The number of ether oxygens (including phenoxy) is 1. The Morgan fingerprint density at radius 3 is 2.71 bits per heavy atom. The zero-order valence-corrected chi connectivity index (χ0v) is 12.0. The monoisotopic (exact) mass is 260 g/mol. The molecule has 1 fully saturated rings. The molecule has 0 radical (unpaired) electrons. The van der Waals surface area contributed by atoms with E-state index in [0.717, 1.165) is 19.6 Å². The van der Waals surface area contributed by atoms with E-state index in [0.29, 0.717) is 6.10 Å². The van der Waals surface area contributed by atoms with Crippen molar-refractivity contribution >= 4 is 11.8 Å². The summed E-state index contributed by atoms with van der Waals surface area (Å²) < 4.78 is 5.80. The first-order valence-electron chi connectivity index (χ1n) is 6.98. The molecule has 0 aromatic heterocycles. The number of hydrogen-bond donors (Lipinski definition) is 1. The normalized spacial score (nSPS) is 18.7. The molecule has 17 heavy (non-hydrogen) atoms. The van der Waals surface area contributed by atoms with Crippen LogP contribution in [0.4, 0.5) is 0 Å². The van der Waals surface area contributed by atoms with Crippen LogP contribution >= 0.6 is 11.8 Å². The predicted molar refractivity (Wildman–Crippen MR) is 76.7 cm³/mol. The van der Waals surface area contributed by atoms with Crippen molar-refractivity contribution < 1.29 is 4.74 Å². The molecule has 0 unspecified atom stereocenters. The van der Waals surface area contributed by atoms with Gasteiger partial charge < -0.3 is 15.4 Å². The topological polar surface area (TPSA) is 38.5 Å². The van der Waals surface area contributed by atoms with Crippen molar-refractivity contribution in [3.63, 3.8) is 0 Å². The van der Waals surface area contributed by atoms with Gasteiger partial charge in [0.15, 0.2) is 0 Å². The highest BCUT2D eigenvalue weighted by atomic mass is 32.2. The van der Waals surface area contributed by atoms with E-state index in [9.17, 15) is 0 Å². The third-order valence-electron chi connectivity index (χ3n) is 3.20. The van der Waals surface area contributed by atoms with Gasteiger partial charge >= 0.3 is 0 Å². The first-order valence-corrected chi connectivity index (χ1v) is 8.14. The van der Waals surface area contributed by atoms with Crippen LogP contribution in [0.2, 0.25) is 0 Å². The van der Waals surface area contributed by atoms with Gasteiger partial charge in [-0.3, -0.25) is 0 Å². The molecule has 1 rings (SSSR count). The lowest BCUT2D eigenvalue weighted by molar-refractivity contribution is 0.00739. The maximum absolute atomic E-state index is 5.80. The van der Waals surface area contributed by atoms with Crippen LogP contribution in [-0.2, 0) is 4.74 Å². The first kappa shape index (κ1) is 15.3. The molecule has 1 aliphatic heterocycles. The highest BCUT2D eigenvalue weighted by Crippen LogP contribution is 2.14. The standard InChI is InChI=1S/C13H28N2OS/c1-2-17-12-4-8-15-9-5-13(6-10-15)16-11-3-7-14/h13H,2-12,14H2,1H3. The first-order chi connectivity index (χ1) is 8.36. The number of nitrogens with two attached hydrogens (primary N) is 1. The summed E-state index contributed by atoms with van der Waals surface area (Å²) in [6, 6.07) is 0. The molecule has 1 saturated heterocycles. The highest BCUT2D eigenvalue weighted by molar-refractivity contribution is 7.99. The summed E-state index contributed by atoms with van der Waals surface area (Å²) >= 11 is 2.05. The summed E-state index contributed by atoms with van der Waals surface area (Å²) in [4.78, 5) is 2.58. The van der Waals surface area contributed by atoms with E-state index in [2.05, 4.69) is 11.8 Å². The fourth-order valence-corrected chi connectivity index (χ4v) is 2.79. The molecular formula is C13H28N2OS. The summed E-state index contributed by atoms with van der Waals surface area (Å²) in [6.45, 7) is 7.51. The largest absolute Gasteiger partial charge is 0.378 e. The Morgan fingerprint density at radius 2 is 2.06 bits per heavy atom. The van der Waals surface area contributed by atoms with Gasteiger partial charge in [0.1, 0.15) is 0 Å². The number of piperidine rings is 1. The van der Waals surface area contributed by atoms with Gasteiger partial charge in [0.2, 0.25) is 0 Å². The van der Waals surface area contributed by atoms with Gasteiger partial charge in [-0.25, -0.2) is 0 Å². The molecule has 0 atom stereocenters. The lowest BCUT2D eigenvalue weighted by Crippen LogP contribution is -2.37. The molecule has 0 bridgehead atoms. The average Bonchev–Trinajstić information content (AvgIpc) is 2.37. The number of rotatable bonds is 9. The minimum atomic E-state index is 0.489. The zero-order valence-electron chi connectivity index (χ0n) is 11.2. The highest BCUT2D eigenvalue weighted by Gasteiger charge is 2.18. The van der Waals surface area contributed by atoms with E-state index in [1.54, 1.807) is 0 Å². The lowest BCUT2D eigenvalue weighted by atomic mass is 10.1. The molecule has 1 aliphatic rings. The van der Waals surface area contributed by atoms with Crippen molar-refractivity contribution in [1.29, 1.82) is 0 Å². The van der Waals surface area contributed by atoms with Crippen molar-refractivity contribution in [2.24, 2.45) is 5.73 Å². The lowest BCUT2D eigenvalue weighted by Gasteiger charge is -2.31. The summed E-state index contributed by atoms with van der Waals surface area (Å²) in [6.07, 6.45) is 5.21. The van der Waals surface area contributed by atoms with E-state index >= 15 is 0 Å². The fourth-order valence-electron chi connectivity index (χ4n) is 2.17. The molecule has 0 spiro atoms. The Kier molecular flexibility index (Phi) is 9.16. The molecule has 102 valence electrons. The summed E-state index contributed by atoms with van der Waals surface area (Å²) in [5.41, 5.74) is 5.46. The third kappa shape index (κ3) is 7.29. The second kappa shape index (κ2) is 10.2. The van der Waals surface area contributed by atoms with E-state index in [-0.39, 0.29) is 0 Å². The van der Waals surface area contributed by atoms with E-state index in [1.165, 1.54) is 50.4 Å². The van der Waals surface area contributed by atoms with Crippen LogP contribution < -0.4 is 5.73 Å². The molecule has 2 N–H and O–H groups in total. The van der Waals surface area contributed by atoms with Crippen molar-refractivity contribution in [3.05, 3.63) is 0 Å². The number of nitrogens with zero attached hydrogens (tertiary/aromatic N) is 1. The van der Waals surface area contributed by atoms with Crippen molar-refractivity contribution in [2.45, 2.75) is 38.7 Å². The molecule has 1 heterocycles. The number of hydrogen-bond acceptors (Lipinski definition) is 4. The van der Waals surface area contributed by atoms with Gasteiger partial charge in [0, 0.05) is 19.7 Å². The van der Waals surface area contributed by atoms with Crippen LogP contribution in [0.5, 0.6) is 0 Å². The molecule has 0 aromatic carbocycles. The minimum Gasteiger partial charge on any atom is -0.378 e. The third-order valence-corrected chi connectivity index (χ3v) is 4.19. The van der Waals surface area contributed by atoms with Crippen LogP contribution in [0.3, 0.4) is 0 Å². The Balaban J connectivity index is 1.97. The van der Waals surface area contributed by atoms with Crippen LogP contribution in [0.15, 0.2) is 0 Å². The summed E-state index contributed by atoms with van der Waals surface area (Å²) in [5, 5.41) is 0. The van der Waals surface area contributed by atoms with Crippen LogP contribution in [0.1, 0.15) is 32.6 Å². The smallest absolute Gasteiger partial charge is 0.0599 e. The Labute approximate surface area is 110 Å². The quantitative estimate of drug-likeness (QED) is 0.643. The van der Waals surface area contributed by atoms with Gasteiger partial charge in [-0.05, 0) is 50.3 Å². The minimum absolute atomic E-state index is 0.489. The molecule has 3 nitrogen and oxygen atoms in total. The summed E-state index contributed by atoms with van der Waals surface area (Å²) in [7, 11) is 0. The zero-order chi connectivity index (χ0) is 12.3. The van der Waals surface area contributed by atoms with E-state index < -0.39 is 0 Å². The van der Waals surface area contributed by atoms with Gasteiger partial charge in [-0.1, -0.05) is 6.92 Å². The van der Waals surface area contributed by atoms with Crippen molar-refractivity contribution in [1.82, 2.24) is 4.90 Å². The molecule has 0 aliphatic carbocycles. The van der Waals surface area contributed by atoms with Gasteiger partial charge in [-0.2, -0.15) is 11.8 Å². The van der Waals surface area contributed by atoms with Gasteiger partial charge in [0.25, 0.3) is 0 Å². The van der Waals surface area contributed by atoms with Crippen molar-refractivity contribution in [2.75, 3.05) is 44.3 Å². The molecule has 0 amide bonds. The Bertz CT molecular complexity index is 173. The van der Waals surface area contributed by atoms with E-state index in [4.69, 9.17) is 10.5 Å². The molecule has 0 aromatic rings.